The predicted molar refractivity (Wildman–Crippen MR) is 92.8 cm³/mol. The number of hydrogen-bond acceptors (Lipinski definition) is 2. The minimum absolute atomic E-state index is 1.10. The Hall–Kier alpha value is -0.226. The van der Waals surface area contributed by atoms with Gasteiger partial charge in [-0.15, -0.1) is 0 Å². The number of rotatable bonds is 10. The first-order valence-corrected chi connectivity index (χ1v) is 13.7. The molecule has 2 nitrogen and oxygen atoms in total. The Morgan fingerprint density at radius 1 is 0.600 bits per heavy atom. The average Bonchev–Trinajstić information content (AvgIpc) is 2.50. The molecule has 0 radical (unpaired) electrons. The quantitative estimate of drug-likeness (QED) is 0.458. The zero-order valence-electron chi connectivity index (χ0n) is 14.5. The van der Waals surface area contributed by atoms with Crippen LogP contribution in [0.25, 0.3) is 0 Å². The average molecular weight is 315 g/mol. The van der Waals surface area contributed by atoms with Gasteiger partial charge in [-0.2, -0.15) is 0 Å². The molecule has 0 aromatic carbocycles. The van der Waals surface area contributed by atoms with Gasteiger partial charge in [0.2, 0.25) is 16.6 Å². The molecule has 0 heterocycles. The summed E-state index contributed by atoms with van der Waals surface area (Å²) >= 11 is 0. The standard InChI is InChI=1S/C16H34O2Si2/c1-7-19(8-2,9-3)17-15-13-14-16(15)18-20(10-4,11-5)12-6/h7-14H2,1-6H3. The van der Waals surface area contributed by atoms with Crippen LogP contribution in [-0.2, 0) is 8.85 Å². The molecule has 1 aliphatic rings. The number of allylic oxidation sites excluding steroid dienone is 2. The third kappa shape index (κ3) is 3.70. The minimum atomic E-state index is -1.52. The van der Waals surface area contributed by atoms with Crippen LogP contribution < -0.4 is 0 Å². The summed E-state index contributed by atoms with van der Waals surface area (Å²) in [6, 6.07) is 7.30. The second-order valence-corrected chi connectivity index (χ2v) is 15.4. The second kappa shape index (κ2) is 7.69. The second-order valence-electron chi connectivity index (χ2n) is 6.04. The molecule has 0 atom stereocenters. The van der Waals surface area contributed by atoms with Gasteiger partial charge < -0.3 is 8.85 Å². The summed E-state index contributed by atoms with van der Waals surface area (Å²) in [5, 5.41) is 0. The first kappa shape index (κ1) is 17.8. The Kier molecular flexibility index (Phi) is 6.85. The molecule has 0 amide bonds. The first-order chi connectivity index (χ1) is 9.54. The lowest BCUT2D eigenvalue weighted by Gasteiger charge is -2.39. The van der Waals surface area contributed by atoms with E-state index in [1.165, 1.54) is 47.8 Å². The Morgan fingerprint density at radius 2 is 0.850 bits per heavy atom. The molecule has 1 aliphatic carbocycles. The molecule has 4 heteroatoms. The van der Waals surface area contributed by atoms with Crippen LogP contribution in [0.2, 0.25) is 36.3 Å². The summed E-state index contributed by atoms with van der Waals surface area (Å²) in [5.41, 5.74) is 0. The van der Waals surface area contributed by atoms with Crippen molar-refractivity contribution in [3.63, 3.8) is 0 Å². The van der Waals surface area contributed by atoms with Gasteiger partial charge >= 0.3 is 0 Å². The molecule has 20 heavy (non-hydrogen) atoms. The summed E-state index contributed by atoms with van der Waals surface area (Å²) in [6.45, 7) is 13.8. The topological polar surface area (TPSA) is 18.5 Å². The number of hydrogen-bond donors (Lipinski definition) is 0. The van der Waals surface area contributed by atoms with Crippen molar-refractivity contribution in [3.8, 4) is 0 Å². The molecule has 0 aliphatic heterocycles. The van der Waals surface area contributed by atoms with Gasteiger partial charge in [-0.1, -0.05) is 41.5 Å². The summed E-state index contributed by atoms with van der Waals surface area (Å²) in [6.07, 6.45) is 2.21. The summed E-state index contributed by atoms with van der Waals surface area (Å²) in [5.74, 6) is 2.43. The van der Waals surface area contributed by atoms with Crippen molar-refractivity contribution < 1.29 is 8.85 Å². The van der Waals surface area contributed by atoms with E-state index in [-0.39, 0.29) is 0 Å². The Bertz CT molecular complexity index is 283. The van der Waals surface area contributed by atoms with Crippen molar-refractivity contribution in [1.29, 1.82) is 0 Å². The van der Waals surface area contributed by atoms with E-state index in [1.54, 1.807) is 0 Å². The molecule has 0 saturated carbocycles. The normalized spacial score (nSPS) is 16.1. The van der Waals surface area contributed by atoms with Crippen LogP contribution in [0.1, 0.15) is 54.4 Å². The third-order valence-electron chi connectivity index (χ3n) is 5.44. The van der Waals surface area contributed by atoms with Crippen LogP contribution in [0.4, 0.5) is 0 Å². The van der Waals surface area contributed by atoms with Gasteiger partial charge in [0.1, 0.15) is 11.5 Å². The highest BCUT2D eigenvalue weighted by molar-refractivity contribution is 6.74. The zero-order chi connectivity index (χ0) is 15.2. The molecular weight excluding hydrogens is 280 g/mol. The molecule has 0 aromatic rings. The van der Waals surface area contributed by atoms with Crippen LogP contribution in [0.3, 0.4) is 0 Å². The van der Waals surface area contributed by atoms with E-state index in [0.717, 1.165) is 12.8 Å². The Labute approximate surface area is 128 Å². The monoisotopic (exact) mass is 314 g/mol. The van der Waals surface area contributed by atoms with Gasteiger partial charge in [0.15, 0.2) is 0 Å². The van der Waals surface area contributed by atoms with Gasteiger partial charge in [0.05, 0.1) is 0 Å². The van der Waals surface area contributed by atoms with Crippen molar-refractivity contribution in [1.82, 2.24) is 0 Å². The molecule has 118 valence electrons. The van der Waals surface area contributed by atoms with E-state index in [1.807, 2.05) is 0 Å². The van der Waals surface area contributed by atoms with E-state index in [0.29, 0.717) is 0 Å². The fraction of sp³-hybridized carbons (Fsp3) is 0.875. The minimum Gasteiger partial charge on any atom is -0.544 e. The van der Waals surface area contributed by atoms with Crippen molar-refractivity contribution in [3.05, 3.63) is 11.5 Å². The smallest absolute Gasteiger partial charge is 0.250 e. The van der Waals surface area contributed by atoms with E-state index < -0.39 is 16.6 Å². The molecule has 0 bridgehead atoms. The Balaban J connectivity index is 2.81. The van der Waals surface area contributed by atoms with E-state index in [2.05, 4.69) is 41.5 Å². The van der Waals surface area contributed by atoms with Crippen LogP contribution in [0.5, 0.6) is 0 Å². The van der Waals surface area contributed by atoms with E-state index in [4.69, 9.17) is 8.85 Å². The molecule has 0 aromatic heterocycles. The van der Waals surface area contributed by atoms with Crippen LogP contribution in [0, 0.1) is 0 Å². The largest absolute Gasteiger partial charge is 0.544 e. The van der Waals surface area contributed by atoms with E-state index >= 15 is 0 Å². The van der Waals surface area contributed by atoms with Crippen molar-refractivity contribution in [2.45, 2.75) is 90.6 Å². The maximum Gasteiger partial charge on any atom is 0.250 e. The predicted octanol–water partition coefficient (Wildman–Crippen LogP) is 6.04. The van der Waals surface area contributed by atoms with Gasteiger partial charge in [-0.05, 0) is 36.3 Å². The van der Waals surface area contributed by atoms with Crippen molar-refractivity contribution in [2.75, 3.05) is 0 Å². The fourth-order valence-corrected chi connectivity index (χ4v) is 8.34. The highest BCUT2D eigenvalue weighted by Crippen LogP contribution is 2.38. The van der Waals surface area contributed by atoms with Crippen LogP contribution in [-0.4, -0.2) is 16.6 Å². The molecule has 0 spiro atoms. The lowest BCUT2D eigenvalue weighted by atomic mass is 10.1. The maximum atomic E-state index is 6.53. The summed E-state index contributed by atoms with van der Waals surface area (Å²) < 4.78 is 13.1. The molecule has 0 unspecified atom stereocenters. The SMILES string of the molecule is CC[Si](CC)(CC)OC1=C(O[Si](CC)(CC)CC)CC1. The van der Waals surface area contributed by atoms with E-state index in [9.17, 15) is 0 Å². The zero-order valence-corrected chi connectivity index (χ0v) is 16.5. The fourth-order valence-electron chi connectivity index (χ4n) is 3.00. The van der Waals surface area contributed by atoms with Crippen molar-refractivity contribution >= 4 is 16.6 Å². The van der Waals surface area contributed by atoms with Gasteiger partial charge in [-0.25, -0.2) is 0 Å². The lowest BCUT2D eigenvalue weighted by Crippen LogP contribution is -2.40. The van der Waals surface area contributed by atoms with Gasteiger partial charge in [-0.3, -0.25) is 0 Å². The maximum absolute atomic E-state index is 6.53. The van der Waals surface area contributed by atoms with Crippen molar-refractivity contribution in [2.24, 2.45) is 0 Å². The summed E-state index contributed by atoms with van der Waals surface area (Å²) in [4.78, 5) is 0. The van der Waals surface area contributed by atoms with Crippen LogP contribution >= 0.6 is 0 Å². The molecule has 0 N–H and O–H groups in total. The highest BCUT2D eigenvalue weighted by atomic mass is 28.4. The highest BCUT2D eigenvalue weighted by Gasteiger charge is 2.38. The molecule has 0 fully saturated rings. The van der Waals surface area contributed by atoms with Crippen LogP contribution in [0.15, 0.2) is 11.5 Å². The molecule has 0 saturated heterocycles. The first-order valence-electron chi connectivity index (χ1n) is 8.64. The molecular formula is C16H34O2Si2. The Morgan fingerprint density at radius 3 is 1.00 bits per heavy atom. The third-order valence-corrected chi connectivity index (χ3v) is 14.5. The molecule has 1 rings (SSSR count). The van der Waals surface area contributed by atoms with Gasteiger partial charge in [0.25, 0.3) is 0 Å². The summed E-state index contributed by atoms with van der Waals surface area (Å²) in [7, 11) is -3.04. The lowest BCUT2D eigenvalue weighted by molar-refractivity contribution is 0.261. The van der Waals surface area contributed by atoms with Gasteiger partial charge in [0, 0.05) is 12.8 Å².